The lowest BCUT2D eigenvalue weighted by Gasteiger charge is -2.28. The molecule has 0 saturated heterocycles. The molecule has 6 heteroatoms. The number of carbonyl (C=O) groups is 1. The summed E-state index contributed by atoms with van der Waals surface area (Å²) in [6.45, 7) is 0. The predicted molar refractivity (Wildman–Crippen MR) is 94.3 cm³/mol. The lowest BCUT2D eigenvalue weighted by molar-refractivity contribution is -0.142. The largest absolute Gasteiger partial charge is 0.481 e. The molecular weight excluding hydrogens is 316 g/mol. The number of nitrogens with zero attached hydrogens (tertiary/aromatic N) is 3. The molecule has 0 spiro atoms. The molecule has 1 fully saturated rings. The molecule has 4 rings (SSSR count). The highest BCUT2D eigenvalue weighted by molar-refractivity contribution is 5.70. The monoisotopic (exact) mass is 338 g/mol. The van der Waals surface area contributed by atoms with Gasteiger partial charge in [-0.1, -0.05) is 6.07 Å². The van der Waals surface area contributed by atoms with Gasteiger partial charge in [0.15, 0.2) is 5.82 Å². The second kappa shape index (κ2) is 6.78. The molecule has 0 aromatic carbocycles. The van der Waals surface area contributed by atoms with Crippen molar-refractivity contribution in [3.05, 3.63) is 35.7 Å². The first kappa shape index (κ1) is 16.0. The van der Waals surface area contributed by atoms with Gasteiger partial charge in [-0.2, -0.15) is 0 Å². The highest BCUT2D eigenvalue weighted by Crippen LogP contribution is 2.32. The van der Waals surface area contributed by atoms with Crippen molar-refractivity contribution in [1.29, 1.82) is 0 Å². The van der Waals surface area contributed by atoms with Crippen molar-refractivity contribution in [3.8, 4) is 11.5 Å². The summed E-state index contributed by atoms with van der Waals surface area (Å²) in [4.78, 5) is 25.0. The van der Waals surface area contributed by atoms with Crippen molar-refractivity contribution in [2.75, 3.05) is 5.32 Å². The van der Waals surface area contributed by atoms with Crippen LogP contribution >= 0.6 is 0 Å². The van der Waals surface area contributed by atoms with E-state index in [0.717, 1.165) is 62.2 Å². The Labute approximate surface area is 146 Å². The summed E-state index contributed by atoms with van der Waals surface area (Å²) in [6.07, 6.45) is 8.05. The maximum absolute atomic E-state index is 11.1. The van der Waals surface area contributed by atoms with Gasteiger partial charge in [-0.15, -0.1) is 0 Å². The standard InChI is InChI=1S/C19H22N4O2/c24-19(25)12-7-9-13(10-8-12)21-17-14-4-3-6-15(14)22-18(23-17)16-5-1-2-11-20-16/h1-2,5,11-13H,3-4,6-10H2,(H,24,25)(H,21,22,23). The lowest BCUT2D eigenvalue weighted by atomic mass is 9.86. The van der Waals surface area contributed by atoms with Gasteiger partial charge in [0, 0.05) is 23.5 Å². The van der Waals surface area contributed by atoms with E-state index in [4.69, 9.17) is 15.1 Å². The lowest BCUT2D eigenvalue weighted by Crippen LogP contribution is -2.30. The number of anilines is 1. The minimum absolute atomic E-state index is 0.196. The first-order valence-corrected chi connectivity index (χ1v) is 9.01. The van der Waals surface area contributed by atoms with E-state index >= 15 is 0 Å². The molecule has 0 atom stereocenters. The van der Waals surface area contributed by atoms with Crippen LogP contribution in [0.3, 0.4) is 0 Å². The molecule has 2 heterocycles. The van der Waals surface area contributed by atoms with Gasteiger partial charge in [0.05, 0.1) is 5.92 Å². The van der Waals surface area contributed by atoms with Gasteiger partial charge in [0.2, 0.25) is 0 Å². The zero-order chi connectivity index (χ0) is 17.2. The van der Waals surface area contributed by atoms with Gasteiger partial charge >= 0.3 is 5.97 Å². The molecule has 0 radical (unpaired) electrons. The number of carboxylic acid groups (broad SMARTS) is 1. The molecular formula is C19H22N4O2. The van der Waals surface area contributed by atoms with Gasteiger partial charge in [0.1, 0.15) is 11.5 Å². The van der Waals surface area contributed by atoms with E-state index in [1.54, 1.807) is 6.20 Å². The molecule has 2 aromatic rings. The maximum Gasteiger partial charge on any atom is 0.306 e. The first-order valence-electron chi connectivity index (χ1n) is 9.01. The molecule has 0 amide bonds. The number of carboxylic acids is 1. The molecule has 25 heavy (non-hydrogen) atoms. The third-order valence-corrected chi connectivity index (χ3v) is 5.24. The number of rotatable bonds is 4. The van der Waals surface area contributed by atoms with Gasteiger partial charge in [-0.05, 0) is 57.1 Å². The topological polar surface area (TPSA) is 88.0 Å². The SMILES string of the molecule is O=C(O)C1CCC(Nc2nc(-c3ccccn3)nc3c2CCC3)CC1. The van der Waals surface area contributed by atoms with E-state index in [0.29, 0.717) is 5.82 Å². The summed E-state index contributed by atoms with van der Waals surface area (Å²) in [5, 5.41) is 12.7. The van der Waals surface area contributed by atoms with Crippen molar-refractivity contribution in [2.24, 2.45) is 5.92 Å². The van der Waals surface area contributed by atoms with Gasteiger partial charge in [0.25, 0.3) is 0 Å². The molecule has 1 saturated carbocycles. The van der Waals surface area contributed by atoms with Crippen molar-refractivity contribution >= 4 is 11.8 Å². The van der Waals surface area contributed by atoms with Gasteiger partial charge < -0.3 is 10.4 Å². The van der Waals surface area contributed by atoms with E-state index in [-0.39, 0.29) is 12.0 Å². The highest BCUT2D eigenvalue weighted by atomic mass is 16.4. The Bertz CT molecular complexity index is 770. The normalized spacial score (nSPS) is 22.4. The second-order valence-corrected chi connectivity index (χ2v) is 6.92. The number of fused-ring (bicyclic) bond motifs is 1. The first-order chi connectivity index (χ1) is 12.2. The Hall–Kier alpha value is -2.50. The minimum atomic E-state index is -0.668. The molecule has 0 aliphatic heterocycles. The number of hydrogen-bond acceptors (Lipinski definition) is 5. The third kappa shape index (κ3) is 3.34. The number of aryl methyl sites for hydroxylation is 1. The summed E-state index contributed by atoms with van der Waals surface area (Å²) in [5.41, 5.74) is 3.13. The Kier molecular flexibility index (Phi) is 4.34. The van der Waals surface area contributed by atoms with E-state index in [2.05, 4.69) is 10.3 Å². The summed E-state index contributed by atoms with van der Waals surface area (Å²) in [6, 6.07) is 6.04. The van der Waals surface area contributed by atoms with Crippen LogP contribution in [0.15, 0.2) is 24.4 Å². The zero-order valence-electron chi connectivity index (χ0n) is 14.1. The molecule has 2 aromatic heterocycles. The average Bonchev–Trinajstić information content (AvgIpc) is 3.12. The molecule has 2 N–H and O–H groups in total. The number of nitrogens with one attached hydrogen (secondary N) is 1. The van der Waals surface area contributed by atoms with Crippen LogP contribution in [-0.4, -0.2) is 32.1 Å². The fraction of sp³-hybridized carbons (Fsp3) is 0.474. The fourth-order valence-electron chi connectivity index (χ4n) is 3.84. The Balaban J connectivity index is 1.57. The van der Waals surface area contributed by atoms with Crippen molar-refractivity contribution in [1.82, 2.24) is 15.0 Å². The zero-order valence-corrected chi connectivity index (χ0v) is 14.1. The quantitative estimate of drug-likeness (QED) is 0.891. The van der Waals surface area contributed by atoms with Crippen LogP contribution in [0.4, 0.5) is 5.82 Å². The van der Waals surface area contributed by atoms with Crippen LogP contribution < -0.4 is 5.32 Å². The van der Waals surface area contributed by atoms with Gasteiger partial charge in [-0.3, -0.25) is 9.78 Å². The van der Waals surface area contributed by atoms with Crippen LogP contribution in [0.2, 0.25) is 0 Å². The Morgan fingerprint density at radius 2 is 1.96 bits per heavy atom. The van der Waals surface area contributed by atoms with Crippen LogP contribution in [0.1, 0.15) is 43.4 Å². The third-order valence-electron chi connectivity index (χ3n) is 5.24. The fourth-order valence-corrected chi connectivity index (χ4v) is 3.84. The summed E-state index contributed by atoms with van der Waals surface area (Å²) in [7, 11) is 0. The van der Waals surface area contributed by atoms with Crippen LogP contribution in [-0.2, 0) is 17.6 Å². The van der Waals surface area contributed by atoms with E-state index in [1.807, 2.05) is 18.2 Å². The molecule has 0 unspecified atom stereocenters. The minimum Gasteiger partial charge on any atom is -0.481 e. The molecule has 130 valence electrons. The number of aromatic nitrogens is 3. The summed E-state index contributed by atoms with van der Waals surface area (Å²) in [5.74, 6) is 0.724. The summed E-state index contributed by atoms with van der Waals surface area (Å²) >= 11 is 0. The van der Waals surface area contributed by atoms with Crippen LogP contribution in [0, 0.1) is 5.92 Å². The van der Waals surface area contributed by atoms with E-state index in [1.165, 1.54) is 5.56 Å². The van der Waals surface area contributed by atoms with E-state index in [9.17, 15) is 4.79 Å². The molecule has 2 aliphatic carbocycles. The number of hydrogen-bond donors (Lipinski definition) is 2. The van der Waals surface area contributed by atoms with E-state index < -0.39 is 5.97 Å². The Morgan fingerprint density at radius 3 is 2.68 bits per heavy atom. The van der Waals surface area contributed by atoms with Crippen molar-refractivity contribution < 1.29 is 9.90 Å². The number of pyridine rings is 1. The number of aliphatic carboxylic acids is 1. The molecule has 6 nitrogen and oxygen atoms in total. The van der Waals surface area contributed by atoms with Crippen LogP contribution in [0.25, 0.3) is 11.5 Å². The van der Waals surface area contributed by atoms with Crippen LogP contribution in [0.5, 0.6) is 0 Å². The molecule has 2 aliphatic rings. The maximum atomic E-state index is 11.1. The van der Waals surface area contributed by atoms with Crippen molar-refractivity contribution in [3.63, 3.8) is 0 Å². The second-order valence-electron chi connectivity index (χ2n) is 6.92. The average molecular weight is 338 g/mol. The smallest absolute Gasteiger partial charge is 0.306 e. The highest BCUT2D eigenvalue weighted by Gasteiger charge is 2.28. The Morgan fingerprint density at radius 1 is 1.12 bits per heavy atom. The molecule has 0 bridgehead atoms. The summed E-state index contributed by atoms with van der Waals surface area (Å²) < 4.78 is 0. The predicted octanol–water partition coefficient (Wildman–Crippen LogP) is 3.08. The van der Waals surface area contributed by atoms with Crippen molar-refractivity contribution in [2.45, 2.75) is 51.0 Å². The van der Waals surface area contributed by atoms with Gasteiger partial charge in [-0.25, -0.2) is 9.97 Å².